The Bertz CT molecular complexity index is 280. The van der Waals surface area contributed by atoms with Crippen LogP contribution in [0.2, 0.25) is 0 Å². The molecule has 1 atom stereocenters. The van der Waals surface area contributed by atoms with Gasteiger partial charge >= 0.3 is 0 Å². The molecular weight excluding hydrogens is 196 g/mol. The van der Waals surface area contributed by atoms with Crippen LogP contribution >= 0.6 is 11.3 Å². The van der Waals surface area contributed by atoms with Crippen molar-refractivity contribution in [2.24, 2.45) is 0 Å². The lowest BCUT2D eigenvalue weighted by molar-refractivity contribution is 0.414. The fourth-order valence-electron chi connectivity index (χ4n) is 1.68. The van der Waals surface area contributed by atoms with Crippen LogP contribution in [0.5, 0.6) is 0 Å². The molecule has 2 rings (SSSR count). The van der Waals surface area contributed by atoms with E-state index in [-0.39, 0.29) is 0 Å². The number of aryl methyl sites for hydroxylation is 1. The molecule has 2 heterocycles. The average Bonchev–Trinajstić information content (AvgIpc) is 2.63. The highest BCUT2D eigenvalue weighted by Gasteiger charge is 2.12. The normalized spacial score (nSPS) is 22.2. The lowest BCUT2D eigenvalue weighted by atomic mass is 10.1. The van der Waals surface area contributed by atoms with Gasteiger partial charge < -0.3 is 10.6 Å². The van der Waals surface area contributed by atoms with E-state index in [1.54, 1.807) is 11.3 Å². The first-order valence-corrected chi connectivity index (χ1v) is 5.93. The minimum Gasteiger partial charge on any atom is -0.359 e. The van der Waals surface area contributed by atoms with Crippen LogP contribution in [0.15, 0.2) is 0 Å². The fraction of sp³-hybridized carbons (Fsp3) is 0.778. The standard InChI is InChI=1S/C9H16N4S/c1-7-12-13-9(14-7)11-6-8-4-2-3-5-10-8/h8,10H,2-6H2,1H3,(H,11,13). The molecule has 0 saturated carbocycles. The maximum absolute atomic E-state index is 4.03. The molecule has 14 heavy (non-hydrogen) atoms. The van der Waals surface area contributed by atoms with Gasteiger partial charge in [0, 0.05) is 12.6 Å². The summed E-state index contributed by atoms with van der Waals surface area (Å²) < 4.78 is 0. The first-order valence-electron chi connectivity index (χ1n) is 5.12. The molecule has 1 saturated heterocycles. The Labute approximate surface area is 88.1 Å². The van der Waals surface area contributed by atoms with Crippen molar-refractivity contribution >= 4 is 16.5 Å². The number of nitrogens with one attached hydrogen (secondary N) is 2. The van der Waals surface area contributed by atoms with E-state index in [0.717, 1.165) is 23.2 Å². The summed E-state index contributed by atoms with van der Waals surface area (Å²) in [6.45, 7) is 4.10. The zero-order valence-electron chi connectivity index (χ0n) is 8.42. The molecule has 1 fully saturated rings. The van der Waals surface area contributed by atoms with Gasteiger partial charge in [-0.1, -0.05) is 17.8 Å². The van der Waals surface area contributed by atoms with Gasteiger partial charge in [-0.05, 0) is 26.3 Å². The quantitative estimate of drug-likeness (QED) is 0.795. The van der Waals surface area contributed by atoms with E-state index in [2.05, 4.69) is 20.8 Å². The van der Waals surface area contributed by atoms with Gasteiger partial charge in [0.1, 0.15) is 5.01 Å². The summed E-state index contributed by atoms with van der Waals surface area (Å²) in [5, 5.41) is 16.8. The summed E-state index contributed by atoms with van der Waals surface area (Å²) in [7, 11) is 0. The molecule has 78 valence electrons. The Balaban J connectivity index is 1.76. The van der Waals surface area contributed by atoms with Gasteiger partial charge in [0.25, 0.3) is 0 Å². The van der Waals surface area contributed by atoms with Gasteiger partial charge in [0.15, 0.2) is 0 Å². The van der Waals surface area contributed by atoms with E-state index in [4.69, 9.17) is 0 Å². The Morgan fingerprint density at radius 3 is 3.07 bits per heavy atom. The molecule has 0 bridgehead atoms. The molecular formula is C9H16N4S. The minimum atomic E-state index is 0.605. The Hall–Kier alpha value is -0.680. The highest BCUT2D eigenvalue weighted by atomic mass is 32.1. The third kappa shape index (κ3) is 2.65. The Kier molecular flexibility index (Phi) is 3.31. The lowest BCUT2D eigenvalue weighted by Crippen LogP contribution is -2.39. The van der Waals surface area contributed by atoms with Crippen LogP contribution in [0.25, 0.3) is 0 Å². The highest BCUT2D eigenvalue weighted by molar-refractivity contribution is 7.15. The van der Waals surface area contributed by atoms with Crippen molar-refractivity contribution in [3.63, 3.8) is 0 Å². The Morgan fingerprint density at radius 2 is 2.43 bits per heavy atom. The predicted octanol–water partition coefficient (Wildman–Crippen LogP) is 1.40. The van der Waals surface area contributed by atoms with Gasteiger partial charge in [-0.25, -0.2) is 0 Å². The number of nitrogens with zero attached hydrogens (tertiary/aromatic N) is 2. The molecule has 2 N–H and O–H groups in total. The van der Waals surface area contributed by atoms with Gasteiger partial charge in [0.05, 0.1) is 0 Å². The van der Waals surface area contributed by atoms with E-state index in [1.807, 2.05) is 6.92 Å². The zero-order valence-corrected chi connectivity index (χ0v) is 9.23. The van der Waals surface area contributed by atoms with Crippen molar-refractivity contribution in [3.05, 3.63) is 5.01 Å². The van der Waals surface area contributed by atoms with Gasteiger partial charge in [-0.3, -0.25) is 0 Å². The Morgan fingerprint density at radius 1 is 1.50 bits per heavy atom. The summed E-state index contributed by atoms with van der Waals surface area (Å²) >= 11 is 1.62. The van der Waals surface area contributed by atoms with E-state index < -0.39 is 0 Å². The molecule has 0 aliphatic carbocycles. The van der Waals surface area contributed by atoms with Crippen molar-refractivity contribution in [2.75, 3.05) is 18.4 Å². The minimum absolute atomic E-state index is 0.605. The first-order chi connectivity index (χ1) is 6.84. The molecule has 0 spiro atoms. The van der Waals surface area contributed by atoms with Crippen molar-refractivity contribution in [3.8, 4) is 0 Å². The second-order valence-electron chi connectivity index (χ2n) is 3.65. The molecule has 1 aromatic rings. The SMILES string of the molecule is Cc1nnc(NCC2CCCCN2)s1. The second kappa shape index (κ2) is 4.70. The van der Waals surface area contributed by atoms with Gasteiger partial charge in [-0.15, -0.1) is 10.2 Å². The monoisotopic (exact) mass is 212 g/mol. The van der Waals surface area contributed by atoms with Crippen LogP contribution in [-0.4, -0.2) is 29.3 Å². The molecule has 0 radical (unpaired) electrons. The molecule has 1 aromatic heterocycles. The van der Waals surface area contributed by atoms with Crippen LogP contribution in [0.1, 0.15) is 24.3 Å². The second-order valence-corrected chi connectivity index (χ2v) is 4.84. The van der Waals surface area contributed by atoms with Crippen LogP contribution in [0.3, 0.4) is 0 Å². The van der Waals surface area contributed by atoms with Crippen molar-refractivity contribution in [2.45, 2.75) is 32.2 Å². The summed E-state index contributed by atoms with van der Waals surface area (Å²) in [5.41, 5.74) is 0. The number of aromatic nitrogens is 2. The number of piperidine rings is 1. The van der Waals surface area contributed by atoms with Crippen molar-refractivity contribution < 1.29 is 0 Å². The predicted molar refractivity (Wildman–Crippen MR) is 58.8 cm³/mol. The smallest absolute Gasteiger partial charge is 0.205 e. The van der Waals surface area contributed by atoms with Crippen LogP contribution in [-0.2, 0) is 0 Å². The molecule has 0 amide bonds. The van der Waals surface area contributed by atoms with Crippen LogP contribution in [0, 0.1) is 6.92 Å². The van der Waals surface area contributed by atoms with Crippen molar-refractivity contribution in [1.29, 1.82) is 0 Å². The first kappa shape index (κ1) is 9.86. The number of anilines is 1. The van der Waals surface area contributed by atoms with Gasteiger partial charge in [-0.2, -0.15) is 0 Å². The fourth-order valence-corrected chi connectivity index (χ4v) is 2.28. The number of hydrogen-bond donors (Lipinski definition) is 2. The maximum atomic E-state index is 4.03. The third-order valence-corrected chi connectivity index (χ3v) is 3.23. The summed E-state index contributed by atoms with van der Waals surface area (Å²) in [4.78, 5) is 0. The molecule has 5 heteroatoms. The van der Waals surface area contributed by atoms with Crippen molar-refractivity contribution in [1.82, 2.24) is 15.5 Å². The summed E-state index contributed by atoms with van der Waals surface area (Å²) in [5.74, 6) is 0. The maximum Gasteiger partial charge on any atom is 0.205 e. The van der Waals surface area contributed by atoms with E-state index in [0.29, 0.717) is 6.04 Å². The van der Waals surface area contributed by atoms with Crippen LogP contribution in [0.4, 0.5) is 5.13 Å². The molecule has 4 nitrogen and oxygen atoms in total. The third-order valence-electron chi connectivity index (χ3n) is 2.44. The summed E-state index contributed by atoms with van der Waals surface area (Å²) in [6.07, 6.45) is 3.92. The molecule has 1 aliphatic rings. The van der Waals surface area contributed by atoms with E-state index in [1.165, 1.54) is 19.3 Å². The van der Waals surface area contributed by atoms with E-state index >= 15 is 0 Å². The number of rotatable bonds is 3. The topological polar surface area (TPSA) is 49.8 Å². The molecule has 1 aliphatic heterocycles. The largest absolute Gasteiger partial charge is 0.359 e. The van der Waals surface area contributed by atoms with Crippen LogP contribution < -0.4 is 10.6 Å². The highest BCUT2D eigenvalue weighted by Crippen LogP contribution is 2.14. The number of hydrogen-bond acceptors (Lipinski definition) is 5. The molecule has 0 aromatic carbocycles. The molecule has 1 unspecified atom stereocenters. The van der Waals surface area contributed by atoms with Gasteiger partial charge in [0.2, 0.25) is 5.13 Å². The van der Waals surface area contributed by atoms with E-state index in [9.17, 15) is 0 Å². The summed E-state index contributed by atoms with van der Waals surface area (Å²) in [6, 6.07) is 0.605. The lowest BCUT2D eigenvalue weighted by Gasteiger charge is -2.23. The average molecular weight is 212 g/mol. The zero-order chi connectivity index (χ0) is 9.80.